The Kier molecular flexibility index (Phi) is 8.15. The number of hydrogen-bond acceptors (Lipinski definition) is 5. The van der Waals surface area contributed by atoms with Crippen LogP contribution in [0.3, 0.4) is 0 Å². The highest BCUT2D eigenvalue weighted by Gasteiger charge is 2.32. The molecule has 2 aliphatic heterocycles. The molecule has 12 heteroatoms. The number of likely N-dealkylation sites (tertiary alicyclic amines) is 1. The van der Waals surface area contributed by atoms with Crippen LogP contribution in [0.4, 0.5) is 37.7 Å². The smallest absolute Gasteiger partial charge is 0.379 e. The van der Waals surface area contributed by atoms with E-state index in [2.05, 4.69) is 15.2 Å². The van der Waals surface area contributed by atoms with Gasteiger partial charge in [-0.1, -0.05) is 0 Å². The minimum absolute atomic E-state index is 0.00108. The molecule has 1 atom stereocenters. The molecule has 202 valence electrons. The number of piperazine rings is 1. The first-order chi connectivity index (χ1) is 17.5. The number of hydrogen-bond donors (Lipinski definition) is 1. The molecule has 0 spiro atoms. The van der Waals surface area contributed by atoms with Crippen molar-refractivity contribution in [2.24, 2.45) is 0 Å². The Labute approximate surface area is 211 Å². The van der Waals surface area contributed by atoms with Crippen LogP contribution in [-0.4, -0.2) is 72.5 Å². The monoisotopic (exact) mass is 529 g/mol. The van der Waals surface area contributed by atoms with Crippen LogP contribution in [0.1, 0.15) is 30.4 Å². The number of benzene rings is 1. The Bertz CT molecular complexity index is 1050. The van der Waals surface area contributed by atoms with E-state index in [1.54, 1.807) is 4.90 Å². The molecule has 2 aliphatic rings. The van der Waals surface area contributed by atoms with E-state index in [1.165, 1.54) is 18.3 Å². The summed E-state index contributed by atoms with van der Waals surface area (Å²) in [5.41, 5.74) is -0.471. The maximum absolute atomic E-state index is 12.9. The van der Waals surface area contributed by atoms with E-state index in [0.717, 1.165) is 42.9 Å². The average molecular weight is 530 g/mol. The summed E-state index contributed by atoms with van der Waals surface area (Å²) in [6.07, 6.45) is -4.87. The maximum atomic E-state index is 12.9. The third-order valence-electron chi connectivity index (χ3n) is 6.78. The molecular weight excluding hydrogens is 500 g/mol. The van der Waals surface area contributed by atoms with Gasteiger partial charge in [-0.3, -0.25) is 14.7 Å². The molecule has 1 aromatic carbocycles. The van der Waals surface area contributed by atoms with E-state index in [-0.39, 0.29) is 17.6 Å². The SMILES string of the molecule is O=C(CCN1CCN(c2ccc(C(F)(F)F)cc2)CC1)N1CCC[C@H](Nc2cncc(C(F)(F)F)c2)C1. The number of halogens is 6. The standard InChI is InChI=1S/C25H29F6N5O/c26-24(27,28)18-3-5-22(6-4-18)35-12-10-34(11-13-35)9-7-23(37)36-8-1-2-20(17-36)33-21-14-19(15-32-16-21)25(29,30)31/h3-6,14-16,20,33H,1-2,7-13,17H2/t20-/m0/s1. The number of nitrogens with one attached hydrogen (secondary N) is 1. The van der Waals surface area contributed by atoms with Crippen LogP contribution in [-0.2, 0) is 17.1 Å². The first kappa shape index (κ1) is 27.0. The molecule has 0 bridgehead atoms. The van der Waals surface area contributed by atoms with E-state index in [4.69, 9.17) is 0 Å². The molecule has 4 rings (SSSR count). The highest BCUT2D eigenvalue weighted by atomic mass is 19.4. The largest absolute Gasteiger partial charge is 0.417 e. The number of carbonyl (C=O) groups excluding carboxylic acids is 1. The van der Waals surface area contributed by atoms with Crippen molar-refractivity contribution >= 4 is 17.3 Å². The predicted octanol–water partition coefficient (Wildman–Crippen LogP) is 4.73. The maximum Gasteiger partial charge on any atom is 0.417 e. The van der Waals surface area contributed by atoms with Gasteiger partial charge in [0.1, 0.15) is 0 Å². The van der Waals surface area contributed by atoms with Crippen LogP contribution in [0, 0.1) is 0 Å². The van der Waals surface area contributed by atoms with E-state index in [0.29, 0.717) is 52.2 Å². The number of anilines is 2. The summed E-state index contributed by atoms with van der Waals surface area (Å²) in [5.74, 6) is -0.00108. The number of amides is 1. The first-order valence-electron chi connectivity index (χ1n) is 12.2. The molecule has 2 fully saturated rings. The highest BCUT2D eigenvalue weighted by molar-refractivity contribution is 5.76. The lowest BCUT2D eigenvalue weighted by atomic mass is 10.0. The van der Waals surface area contributed by atoms with Gasteiger partial charge in [-0.2, -0.15) is 26.3 Å². The molecule has 6 nitrogen and oxygen atoms in total. The van der Waals surface area contributed by atoms with Gasteiger partial charge in [0.25, 0.3) is 0 Å². The molecule has 2 saturated heterocycles. The van der Waals surface area contributed by atoms with Gasteiger partial charge in [0.2, 0.25) is 5.91 Å². The Balaban J connectivity index is 1.21. The second-order valence-electron chi connectivity index (χ2n) is 9.41. The fourth-order valence-corrected chi connectivity index (χ4v) is 4.73. The minimum atomic E-state index is -4.47. The van der Waals surface area contributed by atoms with E-state index >= 15 is 0 Å². The third-order valence-corrected chi connectivity index (χ3v) is 6.78. The van der Waals surface area contributed by atoms with Crippen molar-refractivity contribution in [2.75, 3.05) is 56.0 Å². The lowest BCUT2D eigenvalue weighted by molar-refractivity contribution is -0.138. The van der Waals surface area contributed by atoms with Crippen LogP contribution in [0.25, 0.3) is 0 Å². The number of pyridine rings is 1. The van der Waals surface area contributed by atoms with Crippen molar-refractivity contribution in [2.45, 2.75) is 37.7 Å². The number of alkyl halides is 6. The van der Waals surface area contributed by atoms with Gasteiger partial charge in [0.15, 0.2) is 0 Å². The lowest BCUT2D eigenvalue weighted by Gasteiger charge is -2.37. The van der Waals surface area contributed by atoms with Gasteiger partial charge < -0.3 is 15.1 Å². The van der Waals surface area contributed by atoms with Crippen molar-refractivity contribution in [3.63, 3.8) is 0 Å². The van der Waals surface area contributed by atoms with Gasteiger partial charge in [0, 0.05) is 76.4 Å². The molecule has 1 amide bonds. The van der Waals surface area contributed by atoms with E-state index in [9.17, 15) is 31.1 Å². The number of aromatic nitrogens is 1. The lowest BCUT2D eigenvalue weighted by Crippen LogP contribution is -2.49. The second kappa shape index (κ2) is 11.2. The van der Waals surface area contributed by atoms with Crippen molar-refractivity contribution in [3.05, 3.63) is 53.9 Å². The van der Waals surface area contributed by atoms with Gasteiger partial charge in [-0.25, -0.2) is 0 Å². The third kappa shape index (κ3) is 7.27. The van der Waals surface area contributed by atoms with Gasteiger partial charge in [0.05, 0.1) is 16.8 Å². The number of rotatable bonds is 6. The summed E-state index contributed by atoms with van der Waals surface area (Å²) in [4.78, 5) is 22.4. The van der Waals surface area contributed by atoms with Crippen LogP contribution in [0.5, 0.6) is 0 Å². The zero-order valence-corrected chi connectivity index (χ0v) is 20.2. The zero-order chi connectivity index (χ0) is 26.6. The molecule has 2 aromatic rings. The summed E-state index contributed by atoms with van der Waals surface area (Å²) in [6, 6.07) is 6.01. The van der Waals surface area contributed by atoms with Crippen molar-refractivity contribution in [1.29, 1.82) is 0 Å². The Morgan fingerprint density at radius 3 is 2.24 bits per heavy atom. The number of carbonyl (C=O) groups is 1. The quantitative estimate of drug-likeness (QED) is 0.549. The van der Waals surface area contributed by atoms with Crippen molar-refractivity contribution in [1.82, 2.24) is 14.8 Å². The summed E-state index contributed by atoms with van der Waals surface area (Å²) < 4.78 is 77.2. The van der Waals surface area contributed by atoms with Crippen LogP contribution in [0.15, 0.2) is 42.7 Å². The van der Waals surface area contributed by atoms with E-state index in [1.807, 2.05) is 4.90 Å². The summed E-state index contributed by atoms with van der Waals surface area (Å²) in [6.45, 7) is 4.30. The molecule has 0 aliphatic carbocycles. The minimum Gasteiger partial charge on any atom is -0.379 e. The zero-order valence-electron chi connectivity index (χ0n) is 20.2. The molecule has 1 aromatic heterocycles. The Hall–Kier alpha value is -3.02. The first-order valence-corrected chi connectivity index (χ1v) is 12.2. The topological polar surface area (TPSA) is 51.7 Å². The summed E-state index contributed by atoms with van der Waals surface area (Å²) in [5, 5.41) is 3.08. The van der Waals surface area contributed by atoms with Gasteiger partial charge >= 0.3 is 12.4 Å². The van der Waals surface area contributed by atoms with Crippen molar-refractivity contribution in [3.8, 4) is 0 Å². The average Bonchev–Trinajstić information content (AvgIpc) is 2.87. The highest BCUT2D eigenvalue weighted by Crippen LogP contribution is 2.31. The molecular formula is C25H29F6N5O. The van der Waals surface area contributed by atoms with Crippen molar-refractivity contribution < 1.29 is 31.1 Å². The van der Waals surface area contributed by atoms with E-state index < -0.39 is 23.5 Å². The summed E-state index contributed by atoms with van der Waals surface area (Å²) in [7, 11) is 0. The van der Waals surface area contributed by atoms with Gasteiger partial charge in [-0.15, -0.1) is 0 Å². The fraction of sp³-hybridized carbons (Fsp3) is 0.520. The van der Waals surface area contributed by atoms with Crippen LogP contribution < -0.4 is 10.2 Å². The molecule has 37 heavy (non-hydrogen) atoms. The number of nitrogens with zero attached hydrogens (tertiary/aromatic N) is 4. The van der Waals surface area contributed by atoms with Crippen LogP contribution >= 0.6 is 0 Å². The molecule has 0 saturated carbocycles. The predicted molar refractivity (Wildman–Crippen MR) is 127 cm³/mol. The Morgan fingerprint density at radius 1 is 0.919 bits per heavy atom. The molecule has 0 radical (unpaired) electrons. The fourth-order valence-electron chi connectivity index (χ4n) is 4.73. The molecule has 0 unspecified atom stereocenters. The normalized spacial score (nSPS) is 19.7. The van der Waals surface area contributed by atoms with Crippen LogP contribution in [0.2, 0.25) is 0 Å². The number of piperidine rings is 1. The molecule has 1 N–H and O–H groups in total. The van der Waals surface area contributed by atoms with Gasteiger partial charge in [-0.05, 0) is 43.2 Å². The Morgan fingerprint density at radius 2 is 1.59 bits per heavy atom. The summed E-state index contributed by atoms with van der Waals surface area (Å²) >= 11 is 0. The second-order valence-corrected chi connectivity index (χ2v) is 9.41. The molecule has 3 heterocycles.